The molecule has 1 aromatic carbocycles. The molecule has 0 saturated carbocycles. The third-order valence-electron chi connectivity index (χ3n) is 2.14. The summed E-state index contributed by atoms with van der Waals surface area (Å²) in [7, 11) is 0. The zero-order valence-corrected chi connectivity index (χ0v) is 9.70. The average molecular weight is 272 g/mol. The Balaban J connectivity index is 2.60. The van der Waals surface area contributed by atoms with Gasteiger partial charge in [-0.05, 0) is 0 Å². The van der Waals surface area contributed by atoms with Crippen LogP contribution in [-0.2, 0) is 0 Å². The molecule has 0 amide bonds. The van der Waals surface area contributed by atoms with Gasteiger partial charge in [0.1, 0.15) is 0 Å². The summed E-state index contributed by atoms with van der Waals surface area (Å²) in [5.74, 6) is 0.657. The second kappa shape index (κ2) is 3.24. The SMILES string of the molecule is CC(C)c1ccc2[te]ccc2c1. The molecule has 1 heteroatoms. The molecule has 0 saturated heterocycles. The Labute approximate surface area is 82.8 Å². The van der Waals surface area contributed by atoms with Crippen LogP contribution in [0.2, 0.25) is 0 Å². The van der Waals surface area contributed by atoms with Crippen molar-refractivity contribution in [1.82, 2.24) is 0 Å². The van der Waals surface area contributed by atoms with Crippen molar-refractivity contribution in [2.45, 2.75) is 19.8 Å². The van der Waals surface area contributed by atoms with Crippen molar-refractivity contribution in [2.75, 3.05) is 0 Å². The van der Waals surface area contributed by atoms with Gasteiger partial charge in [0.25, 0.3) is 0 Å². The van der Waals surface area contributed by atoms with E-state index >= 15 is 0 Å². The van der Waals surface area contributed by atoms with Gasteiger partial charge in [0.15, 0.2) is 0 Å². The van der Waals surface area contributed by atoms with Crippen LogP contribution in [0.3, 0.4) is 0 Å². The predicted octanol–water partition coefficient (Wildman–Crippen LogP) is 3.02. The van der Waals surface area contributed by atoms with Crippen molar-refractivity contribution >= 4 is 29.2 Å². The van der Waals surface area contributed by atoms with Crippen molar-refractivity contribution in [3.05, 3.63) is 33.9 Å². The zero-order chi connectivity index (χ0) is 8.55. The van der Waals surface area contributed by atoms with E-state index in [1.807, 2.05) is 0 Å². The Morgan fingerprint density at radius 3 is 2.75 bits per heavy atom. The predicted molar refractivity (Wildman–Crippen MR) is 55.0 cm³/mol. The van der Waals surface area contributed by atoms with Crippen molar-refractivity contribution < 1.29 is 0 Å². The van der Waals surface area contributed by atoms with Crippen LogP contribution in [0.5, 0.6) is 0 Å². The summed E-state index contributed by atoms with van der Waals surface area (Å²) in [4.78, 5) is 0. The summed E-state index contributed by atoms with van der Waals surface area (Å²) in [6, 6.07) is 9.21. The van der Waals surface area contributed by atoms with E-state index in [0.717, 1.165) is 0 Å². The first kappa shape index (κ1) is 8.35. The standard InChI is InChI=1S/C11H12Te/c1-8(2)9-3-4-11-10(7-9)5-6-12-11/h3-8H,1-2H3. The van der Waals surface area contributed by atoms with E-state index < -0.39 is 0 Å². The minimum absolute atomic E-state index is 0.0440. The molecule has 0 unspecified atom stereocenters. The molecular weight excluding hydrogens is 260 g/mol. The molecule has 2 aromatic rings. The Morgan fingerprint density at radius 1 is 1.17 bits per heavy atom. The van der Waals surface area contributed by atoms with Crippen LogP contribution in [0.4, 0.5) is 0 Å². The minimum atomic E-state index is 0.0440. The molecule has 1 heterocycles. The summed E-state index contributed by atoms with van der Waals surface area (Å²) < 4.78 is 3.96. The van der Waals surface area contributed by atoms with Gasteiger partial charge in [0.2, 0.25) is 0 Å². The van der Waals surface area contributed by atoms with E-state index in [1.165, 1.54) is 10.9 Å². The fourth-order valence-corrected chi connectivity index (χ4v) is 3.54. The van der Waals surface area contributed by atoms with Gasteiger partial charge in [-0.3, -0.25) is 0 Å². The second-order valence-electron chi connectivity index (χ2n) is 3.37. The number of benzene rings is 1. The first-order valence-electron chi connectivity index (χ1n) is 4.24. The molecule has 0 spiro atoms. The maximum absolute atomic E-state index is 2.36. The van der Waals surface area contributed by atoms with Crippen LogP contribution < -0.4 is 0 Å². The summed E-state index contributed by atoms with van der Waals surface area (Å²) in [6.07, 6.45) is 0. The molecule has 2 rings (SSSR count). The molecule has 0 aliphatic heterocycles. The molecule has 0 fully saturated rings. The molecule has 0 aliphatic carbocycles. The molecule has 0 radical (unpaired) electrons. The fourth-order valence-electron chi connectivity index (χ4n) is 1.34. The third kappa shape index (κ3) is 1.44. The van der Waals surface area contributed by atoms with Gasteiger partial charge in [0.05, 0.1) is 0 Å². The van der Waals surface area contributed by atoms with Crippen LogP contribution in [0.1, 0.15) is 25.3 Å². The molecule has 0 atom stereocenters. The monoisotopic (exact) mass is 274 g/mol. The molecular formula is C11H12Te. The second-order valence-corrected chi connectivity index (χ2v) is 6.08. The first-order valence-corrected chi connectivity index (χ1v) is 6.75. The Kier molecular flexibility index (Phi) is 2.26. The van der Waals surface area contributed by atoms with E-state index in [-0.39, 0.29) is 20.4 Å². The van der Waals surface area contributed by atoms with Crippen LogP contribution in [0, 0.1) is 0 Å². The average Bonchev–Trinajstić information content (AvgIpc) is 2.49. The first-order chi connectivity index (χ1) is 5.77. The van der Waals surface area contributed by atoms with Gasteiger partial charge in [-0.2, -0.15) is 0 Å². The molecule has 62 valence electrons. The number of hydrogen-bond acceptors (Lipinski definition) is 0. The number of fused-ring (bicyclic) bond motifs is 1. The van der Waals surface area contributed by atoms with E-state index in [9.17, 15) is 0 Å². The summed E-state index contributed by atoms with van der Waals surface area (Å²) in [5.41, 5.74) is 1.47. The molecule has 0 aliphatic rings. The van der Waals surface area contributed by atoms with Gasteiger partial charge in [0, 0.05) is 0 Å². The molecule has 0 bridgehead atoms. The van der Waals surface area contributed by atoms with Gasteiger partial charge in [-0.1, -0.05) is 0 Å². The normalized spacial score (nSPS) is 11.2. The topological polar surface area (TPSA) is 0 Å². The van der Waals surface area contributed by atoms with E-state index in [4.69, 9.17) is 0 Å². The van der Waals surface area contributed by atoms with Crippen LogP contribution in [0.25, 0.3) is 8.79 Å². The van der Waals surface area contributed by atoms with Crippen molar-refractivity contribution in [1.29, 1.82) is 0 Å². The van der Waals surface area contributed by atoms with E-state index in [0.29, 0.717) is 5.92 Å². The third-order valence-corrected chi connectivity index (χ3v) is 4.71. The van der Waals surface area contributed by atoms with Crippen molar-refractivity contribution in [3.63, 3.8) is 0 Å². The quantitative estimate of drug-likeness (QED) is 0.700. The summed E-state index contributed by atoms with van der Waals surface area (Å²) in [5, 5.41) is 1.48. The van der Waals surface area contributed by atoms with Crippen molar-refractivity contribution in [2.24, 2.45) is 0 Å². The van der Waals surface area contributed by atoms with E-state index in [1.54, 1.807) is 3.40 Å². The Bertz CT molecular complexity index is 385. The van der Waals surface area contributed by atoms with Crippen LogP contribution in [-0.4, -0.2) is 20.4 Å². The molecule has 0 nitrogen and oxygen atoms in total. The summed E-state index contributed by atoms with van der Waals surface area (Å²) >= 11 is 0.0440. The van der Waals surface area contributed by atoms with Crippen LogP contribution >= 0.6 is 0 Å². The fraction of sp³-hybridized carbons (Fsp3) is 0.273. The maximum atomic E-state index is 2.36. The van der Waals surface area contributed by atoms with Crippen LogP contribution in [0.15, 0.2) is 28.3 Å². The van der Waals surface area contributed by atoms with Crippen molar-refractivity contribution in [3.8, 4) is 0 Å². The van der Waals surface area contributed by atoms with Gasteiger partial charge in [-0.15, -0.1) is 0 Å². The molecule has 12 heavy (non-hydrogen) atoms. The molecule has 1 aromatic heterocycles. The van der Waals surface area contributed by atoms with E-state index in [2.05, 4.69) is 42.2 Å². The Hall–Kier alpha value is -0.250. The number of hydrogen-bond donors (Lipinski definition) is 0. The Morgan fingerprint density at radius 2 is 2.00 bits per heavy atom. The summed E-state index contributed by atoms with van der Waals surface area (Å²) in [6.45, 7) is 4.49. The van der Waals surface area contributed by atoms with Gasteiger partial charge in [-0.25, -0.2) is 0 Å². The zero-order valence-electron chi connectivity index (χ0n) is 7.37. The van der Waals surface area contributed by atoms with Gasteiger partial charge >= 0.3 is 82.9 Å². The van der Waals surface area contributed by atoms with Gasteiger partial charge < -0.3 is 0 Å². The molecule has 0 N–H and O–H groups in total. The number of rotatable bonds is 1.